The van der Waals surface area contributed by atoms with Gasteiger partial charge >= 0.3 is 0 Å². The average molecular weight is 309 g/mol. The van der Waals surface area contributed by atoms with Crippen molar-refractivity contribution in [1.29, 1.82) is 0 Å². The van der Waals surface area contributed by atoms with Crippen LogP contribution in [0.4, 0.5) is 0 Å². The van der Waals surface area contributed by atoms with Gasteiger partial charge < -0.3 is 19.9 Å². The van der Waals surface area contributed by atoms with Crippen LogP contribution in [0.3, 0.4) is 0 Å². The predicted octanol–water partition coefficient (Wildman–Crippen LogP) is 2.44. The van der Waals surface area contributed by atoms with Crippen LogP contribution < -0.4 is 14.8 Å². The van der Waals surface area contributed by atoms with Gasteiger partial charge in [0.15, 0.2) is 11.5 Å². The average Bonchev–Trinajstić information content (AvgIpc) is 2.91. The van der Waals surface area contributed by atoms with Gasteiger partial charge in [-0.2, -0.15) is 0 Å². The van der Waals surface area contributed by atoms with E-state index >= 15 is 0 Å². The van der Waals surface area contributed by atoms with Crippen molar-refractivity contribution in [3.63, 3.8) is 0 Å². The molecule has 4 nitrogen and oxygen atoms in total. The first-order chi connectivity index (χ1) is 10.2. The number of likely N-dealkylation sites (N-methyl/N-ethyl adjacent to an activating group) is 1. The molecule has 0 amide bonds. The maximum Gasteiger partial charge on any atom is 0.162 e. The zero-order valence-electron chi connectivity index (χ0n) is 12.4. The van der Waals surface area contributed by atoms with Gasteiger partial charge in [-0.1, -0.05) is 6.92 Å². The Kier molecular flexibility index (Phi) is 4.62. The third kappa shape index (κ3) is 3.30. The molecule has 2 aliphatic rings. The topological polar surface area (TPSA) is 50.7 Å². The maximum atomic E-state index is 9.68. The molecule has 2 N–H and O–H groups in total. The van der Waals surface area contributed by atoms with Crippen molar-refractivity contribution in [2.24, 2.45) is 0 Å². The maximum absolute atomic E-state index is 9.68. The summed E-state index contributed by atoms with van der Waals surface area (Å²) in [7, 11) is 0. The smallest absolute Gasteiger partial charge is 0.162 e. The summed E-state index contributed by atoms with van der Waals surface area (Å²) in [6.45, 7) is 4.47. The summed E-state index contributed by atoms with van der Waals surface area (Å²) in [6, 6.07) is 6.17. The highest BCUT2D eigenvalue weighted by molar-refractivity contribution is 8.00. The lowest BCUT2D eigenvalue weighted by Gasteiger charge is -2.28. The molecular formula is C16H23NO3S. The van der Waals surface area contributed by atoms with Crippen LogP contribution in [0.2, 0.25) is 0 Å². The van der Waals surface area contributed by atoms with Gasteiger partial charge in [-0.05, 0) is 44.0 Å². The molecule has 1 fully saturated rings. The molecule has 5 heteroatoms. The lowest BCUT2D eigenvalue weighted by Crippen LogP contribution is -2.46. The van der Waals surface area contributed by atoms with Crippen molar-refractivity contribution in [3.05, 3.63) is 18.2 Å². The molecule has 0 aromatic heterocycles. The van der Waals surface area contributed by atoms with Gasteiger partial charge in [0.2, 0.25) is 0 Å². The molecule has 1 aromatic rings. The molecule has 1 heterocycles. The zero-order chi connectivity index (χ0) is 14.7. The van der Waals surface area contributed by atoms with Crippen molar-refractivity contribution in [2.45, 2.75) is 41.9 Å². The van der Waals surface area contributed by atoms with E-state index in [1.54, 1.807) is 0 Å². The lowest BCUT2D eigenvalue weighted by molar-refractivity contribution is 0.167. The summed E-state index contributed by atoms with van der Waals surface area (Å²) >= 11 is 1.88. The van der Waals surface area contributed by atoms with E-state index in [1.165, 1.54) is 4.90 Å². The van der Waals surface area contributed by atoms with E-state index in [9.17, 15) is 5.11 Å². The van der Waals surface area contributed by atoms with E-state index in [1.807, 2.05) is 17.8 Å². The third-order valence-corrected chi connectivity index (χ3v) is 5.50. The third-order valence-electron chi connectivity index (χ3n) is 4.23. The Morgan fingerprint density at radius 3 is 2.90 bits per heavy atom. The SMILES string of the molecule is CCNC1(CO)CCC(Sc2ccc3c(c2)OCCO3)C1. The minimum absolute atomic E-state index is 0.0831. The zero-order valence-corrected chi connectivity index (χ0v) is 13.2. The number of hydrogen-bond acceptors (Lipinski definition) is 5. The summed E-state index contributed by atoms with van der Waals surface area (Å²) < 4.78 is 11.2. The molecule has 0 spiro atoms. The van der Waals surface area contributed by atoms with Crippen LogP contribution in [-0.4, -0.2) is 42.3 Å². The number of aliphatic hydroxyl groups is 1. The summed E-state index contributed by atoms with van der Waals surface area (Å²) in [5, 5.41) is 13.7. The van der Waals surface area contributed by atoms with Crippen LogP contribution in [0.25, 0.3) is 0 Å². The first kappa shape index (κ1) is 15.0. The van der Waals surface area contributed by atoms with Gasteiger partial charge in [0.1, 0.15) is 13.2 Å². The monoisotopic (exact) mass is 309 g/mol. The second kappa shape index (κ2) is 6.46. The molecule has 21 heavy (non-hydrogen) atoms. The second-order valence-corrected chi connectivity index (χ2v) is 7.13. The molecule has 1 aliphatic carbocycles. The molecule has 116 valence electrons. The number of benzene rings is 1. The van der Waals surface area contributed by atoms with Gasteiger partial charge in [-0.3, -0.25) is 0 Å². The van der Waals surface area contributed by atoms with Crippen molar-refractivity contribution < 1.29 is 14.6 Å². The van der Waals surface area contributed by atoms with E-state index in [4.69, 9.17) is 9.47 Å². The lowest BCUT2D eigenvalue weighted by atomic mass is 9.99. The summed E-state index contributed by atoms with van der Waals surface area (Å²) in [5.41, 5.74) is -0.0831. The van der Waals surface area contributed by atoms with Crippen molar-refractivity contribution >= 4 is 11.8 Å². The van der Waals surface area contributed by atoms with E-state index < -0.39 is 0 Å². The van der Waals surface area contributed by atoms with Crippen LogP contribution in [0.1, 0.15) is 26.2 Å². The standard InChI is InChI=1S/C16H23NO3S/c1-2-17-16(11-18)6-5-13(10-16)21-12-3-4-14-15(9-12)20-8-7-19-14/h3-4,9,13,17-18H,2,5-8,10-11H2,1H3. The van der Waals surface area contributed by atoms with E-state index in [0.29, 0.717) is 18.5 Å². The van der Waals surface area contributed by atoms with Gasteiger partial charge in [0.25, 0.3) is 0 Å². The highest BCUT2D eigenvalue weighted by atomic mass is 32.2. The molecule has 3 rings (SSSR count). The minimum atomic E-state index is -0.0831. The first-order valence-electron chi connectivity index (χ1n) is 7.67. The molecule has 2 unspecified atom stereocenters. The Morgan fingerprint density at radius 1 is 1.33 bits per heavy atom. The Labute approximate surface area is 130 Å². The fraction of sp³-hybridized carbons (Fsp3) is 0.625. The van der Waals surface area contributed by atoms with E-state index in [2.05, 4.69) is 24.4 Å². The fourth-order valence-electron chi connectivity index (χ4n) is 3.20. The van der Waals surface area contributed by atoms with Crippen LogP contribution in [-0.2, 0) is 0 Å². The van der Waals surface area contributed by atoms with Crippen molar-refractivity contribution in [2.75, 3.05) is 26.4 Å². The molecule has 1 saturated carbocycles. The number of hydrogen-bond donors (Lipinski definition) is 2. The minimum Gasteiger partial charge on any atom is -0.486 e. The normalized spacial score (nSPS) is 27.8. The Bertz CT molecular complexity index is 496. The largest absolute Gasteiger partial charge is 0.486 e. The number of rotatable bonds is 5. The molecule has 1 aliphatic heterocycles. The highest BCUT2D eigenvalue weighted by Crippen LogP contribution is 2.42. The Morgan fingerprint density at radius 2 is 2.14 bits per heavy atom. The van der Waals surface area contributed by atoms with Gasteiger partial charge in [0, 0.05) is 15.7 Å². The Balaban J connectivity index is 1.65. The number of nitrogens with one attached hydrogen (secondary N) is 1. The quantitative estimate of drug-likeness (QED) is 0.875. The summed E-state index contributed by atoms with van der Waals surface area (Å²) in [5.74, 6) is 1.69. The van der Waals surface area contributed by atoms with Gasteiger partial charge in [-0.25, -0.2) is 0 Å². The Hall–Kier alpha value is -0.910. The number of thioether (sulfide) groups is 1. The van der Waals surface area contributed by atoms with Gasteiger partial charge in [0.05, 0.1) is 6.61 Å². The number of aliphatic hydroxyl groups excluding tert-OH is 1. The molecule has 0 radical (unpaired) electrons. The van der Waals surface area contributed by atoms with Crippen LogP contribution in [0, 0.1) is 0 Å². The molecule has 2 atom stereocenters. The van der Waals surface area contributed by atoms with E-state index in [-0.39, 0.29) is 12.1 Å². The summed E-state index contributed by atoms with van der Waals surface area (Å²) in [4.78, 5) is 1.22. The number of fused-ring (bicyclic) bond motifs is 1. The van der Waals surface area contributed by atoms with Crippen LogP contribution in [0.5, 0.6) is 11.5 Å². The van der Waals surface area contributed by atoms with Crippen LogP contribution >= 0.6 is 11.8 Å². The van der Waals surface area contributed by atoms with E-state index in [0.717, 1.165) is 37.3 Å². The van der Waals surface area contributed by atoms with Crippen LogP contribution in [0.15, 0.2) is 23.1 Å². The van der Waals surface area contributed by atoms with Gasteiger partial charge in [-0.15, -0.1) is 11.8 Å². The van der Waals surface area contributed by atoms with Crippen molar-refractivity contribution in [3.8, 4) is 11.5 Å². The van der Waals surface area contributed by atoms with Crippen molar-refractivity contribution in [1.82, 2.24) is 5.32 Å². The fourth-order valence-corrected chi connectivity index (χ4v) is 4.55. The molecule has 1 aromatic carbocycles. The molecule has 0 saturated heterocycles. The highest BCUT2D eigenvalue weighted by Gasteiger charge is 2.38. The molecular weight excluding hydrogens is 286 g/mol. The molecule has 0 bridgehead atoms. The summed E-state index contributed by atoms with van der Waals surface area (Å²) in [6.07, 6.45) is 3.18. The number of ether oxygens (including phenoxy) is 2. The predicted molar refractivity (Wildman–Crippen MR) is 84.4 cm³/mol. The second-order valence-electron chi connectivity index (χ2n) is 5.76. The first-order valence-corrected chi connectivity index (χ1v) is 8.55.